The molecule has 2 heterocycles. The monoisotopic (exact) mass is 446 g/mol. The van der Waals surface area contributed by atoms with Crippen LogP contribution < -0.4 is 20.5 Å². The Morgan fingerprint density at radius 2 is 1.91 bits per heavy atom. The number of aromatic nitrogens is 2. The standard InChI is InChI=1S/C23H25F3N4O2/c1-11(13-6-14(23(24,25)26)8-15(27)7-13)28-21-16-9-18(31-5)20-17(10-22(3,4)32-20)19(16)29-12(2)30-21/h6-9,11H,10,27H2,1-5H3,(H,28,29,30). The number of rotatable bonds is 4. The quantitative estimate of drug-likeness (QED) is 0.520. The Balaban J connectivity index is 1.80. The summed E-state index contributed by atoms with van der Waals surface area (Å²) in [5.74, 6) is 2.26. The van der Waals surface area contributed by atoms with Gasteiger partial charge in [-0.25, -0.2) is 9.97 Å². The minimum absolute atomic E-state index is 0.0473. The van der Waals surface area contributed by atoms with E-state index in [4.69, 9.17) is 15.2 Å². The fraction of sp³-hybridized carbons (Fsp3) is 0.391. The van der Waals surface area contributed by atoms with E-state index in [9.17, 15) is 13.2 Å². The Morgan fingerprint density at radius 3 is 2.56 bits per heavy atom. The third kappa shape index (κ3) is 3.99. The molecule has 1 unspecified atom stereocenters. The number of hydrogen-bond donors (Lipinski definition) is 2. The summed E-state index contributed by atoms with van der Waals surface area (Å²) >= 11 is 0. The van der Waals surface area contributed by atoms with Gasteiger partial charge in [-0.05, 0) is 57.5 Å². The lowest BCUT2D eigenvalue weighted by Gasteiger charge is -2.20. The van der Waals surface area contributed by atoms with Crippen LogP contribution in [-0.2, 0) is 12.6 Å². The first-order chi connectivity index (χ1) is 14.9. The highest BCUT2D eigenvalue weighted by molar-refractivity contribution is 5.95. The number of nitrogens with two attached hydrogens (primary N) is 1. The molecule has 0 saturated heterocycles. The van der Waals surface area contributed by atoms with E-state index < -0.39 is 23.4 Å². The zero-order valence-corrected chi connectivity index (χ0v) is 18.5. The lowest BCUT2D eigenvalue weighted by molar-refractivity contribution is -0.137. The fourth-order valence-corrected chi connectivity index (χ4v) is 4.06. The summed E-state index contributed by atoms with van der Waals surface area (Å²) in [5, 5.41) is 3.95. The maximum absolute atomic E-state index is 13.3. The number of nitrogens with zero attached hydrogens (tertiary/aromatic N) is 2. The van der Waals surface area contributed by atoms with Crippen LogP contribution in [0.1, 0.15) is 49.3 Å². The smallest absolute Gasteiger partial charge is 0.416 e. The molecule has 0 aliphatic carbocycles. The summed E-state index contributed by atoms with van der Waals surface area (Å²) in [6.45, 7) is 7.52. The Labute approximate surface area is 184 Å². The lowest BCUT2D eigenvalue weighted by Crippen LogP contribution is -2.24. The molecule has 0 radical (unpaired) electrons. The largest absolute Gasteiger partial charge is 0.493 e. The van der Waals surface area contributed by atoms with Crippen molar-refractivity contribution in [2.75, 3.05) is 18.2 Å². The number of benzene rings is 2. The zero-order chi connectivity index (χ0) is 23.4. The molecule has 6 nitrogen and oxygen atoms in total. The van der Waals surface area contributed by atoms with Gasteiger partial charge < -0.3 is 20.5 Å². The van der Waals surface area contributed by atoms with Crippen LogP contribution >= 0.6 is 0 Å². The van der Waals surface area contributed by atoms with E-state index in [1.807, 2.05) is 13.8 Å². The molecule has 1 atom stereocenters. The van der Waals surface area contributed by atoms with Crippen LogP contribution in [0.4, 0.5) is 24.7 Å². The zero-order valence-electron chi connectivity index (χ0n) is 18.5. The number of hydrogen-bond acceptors (Lipinski definition) is 6. The van der Waals surface area contributed by atoms with E-state index in [1.54, 1.807) is 27.0 Å². The summed E-state index contributed by atoms with van der Waals surface area (Å²) in [6, 6.07) is 4.85. The molecule has 9 heteroatoms. The third-order valence-corrected chi connectivity index (χ3v) is 5.48. The number of nitrogen functional groups attached to an aromatic ring is 1. The molecule has 0 spiro atoms. The van der Waals surface area contributed by atoms with Crippen molar-refractivity contribution in [1.29, 1.82) is 0 Å². The molecule has 3 N–H and O–H groups in total. The van der Waals surface area contributed by atoms with E-state index in [1.165, 1.54) is 6.07 Å². The summed E-state index contributed by atoms with van der Waals surface area (Å²) in [4.78, 5) is 9.16. The molecule has 32 heavy (non-hydrogen) atoms. The van der Waals surface area contributed by atoms with Crippen LogP contribution in [0.25, 0.3) is 10.9 Å². The van der Waals surface area contributed by atoms with Crippen molar-refractivity contribution in [1.82, 2.24) is 9.97 Å². The highest BCUT2D eigenvalue weighted by Crippen LogP contribution is 2.46. The third-order valence-electron chi connectivity index (χ3n) is 5.48. The van der Waals surface area contributed by atoms with Gasteiger partial charge >= 0.3 is 6.18 Å². The van der Waals surface area contributed by atoms with Crippen LogP contribution in [-0.4, -0.2) is 22.7 Å². The predicted octanol–water partition coefficient (Wildman–Crippen LogP) is 5.43. The van der Waals surface area contributed by atoms with E-state index in [0.717, 1.165) is 23.2 Å². The number of nitrogens with one attached hydrogen (secondary N) is 1. The van der Waals surface area contributed by atoms with E-state index in [2.05, 4.69) is 15.3 Å². The van der Waals surface area contributed by atoms with Crippen LogP contribution in [0.3, 0.4) is 0 Å². The number of anilines is 2. The van der Waals surface area contributed by atoms with Gasteiger partial charge in [0.05, 0.1) is 24.2 Å². The Morgan fingerprint density at radius 1 is 1.19 bits per heavy atom. The molecule has 4 rings (SSSR count). The number of methoxy groups -OCH3 is 1. The fourth-order valence-electron chi connectivity index (χ4n) is 4.06. The topological polar surface area (TPSA) is 82.3 Å². The Hall–Kier alpha value is -3.23. The van der Waals surface area contributed by atoms with Gasteiger partial charge in [-0.15, -0.1) is 0 Å². The van der Waals surface area contributed by atoms with E-state index >= 15 is 0 Å². The minimum Gasteiger partial charge on any atom is -0.493 e. The number of alkyl halides is 3. The highest BCUT2D eigenvalue weighted by atomic mass is 19.4. The maximum atomic E-state index is 13.3. The molecular formula is C23H25F3N4O2. The van der Waals surface area contributed by atoms with Crippen molar-refractivity contribution in [2.45, 2.75) is 51.9 Å². The number of ether oxygens (including phenoxy) is 2. The van der Waals surface area contributed by atoms with Gasteiger partial charge in [0.25, 0.3) is 0 Å². The number of fused-ring (bicyclic) bond motifs is 3. The van der Waals surface area contributed by atoms with Gasteiger partial charge in [-0.3, -0.25) is 0 Å². The van der Waals surface area contributed by atoms with Gasteiger partial charge in [0.2, 0.25) is 0 Å². The highest BCUT2D eigenvalue weighted by Gasteiger charge is 2.35. The molecule has 170 valence electrons. The number of aryl methyl sites for hydroxylation is 1. The van der Waals surface area contributed by atoms with Crippen molar-refractivity contribution < 1.29 is 22.6 Å². The van der Waals surface area contributed by atoms with E-state index in [-0.39, 0.29) is 5.69 Å². The molecule has 0 saturated carbocycles. The molecule has 0 amide bonds. The Kier molecular flexibility index (Phi) is 5.10. The normalized spacial score (nSPS) is 15.9. The van der Waals surface area contributed by atoms with Gasteiger partial charge in [0.1, 0.15) is 17.2 Å². The first kappa shape index (κ1) is 22.0. The van der Waals surface area contributed by atoms with Gasteiger partial charge in [0.15, 0.2) is 11.5 Å². The van der Waals surface area contributed by atoms with Crippen LogP contribution in [0, 0.1) is 6.92 Å². The molecule has 1 aliphatic rings. The summed E-state index contributed by atoms with van der Waals surface area (Å²) < 4.78 is 51.4. The molecule has 3 aromatic rings. The van der Waals surface area contributed by atoms with Crippen molar-refractivity contribution in [3.8, 4) is 11.5 Å². The predicted molar refractivity (Wildman–Crippen MR) is 117 cm³/mol. The van der Waals surface area contributed by atoms with Crippen LogP contribution in [0.15, 0.2) is 24.3 Å². The molecule has 0 bridgehead atoms. The molecule has 0 fully saturated rings. The summed E-state index contributed by atoms with van der Waals surface area (Å²) in [6.07, 6.45) is -3.84. The van der Waals surface area contributed by atoms with Crippen LogP contribution in [0.2, 0.25) is 0 Å². The Bertz CT molecular complexity index is 1210. The molecular weight excluding hydrogens is 421 g/mol. The van der Waals surface area contributed by atoms with Gasteiger partial charge in [-0.2, -0.15) is 13.2 Å². The van der Waals surface area contributed by atoms with Gasteiger partial charge in [0, 0.05) is 23.1 Å². The maximum Gasteiger partial charge on any atom is 0.416 e. The van der Waals surface area contributed by atoms with Gasteiger partial charge in [-0.1, -0.05) is 0 Å². The minimum atomic E-state index is -4.48. The molecule has 1 aromatic heterocycles. The van der Waals surface area contributed by atoms with Crippen LogP contribution in [0.5, 0.6) is 11.5 Å². The number of halogens is 3. The van der Waals surface area contributed by atoms with Crippen molar-refractivity contribution in [2.24, 2.45) is 0 Å². The second-order valence-electron chi connectivity index (χ2n) is 8.69. The second-order valence-corrected chi connectivity index (χ2v) is 8.69. The summed E-state index contributed by atoms with van der Waals surface area (Å²) in [7, 11) is 1.56. The first-order valence-electron chi connectivity index (χ1n) is 10.2. The average Bonchev–Trinajstić information content (AvgIpc) is 3.01. The summed E-state index contributed by atoms with van der Waals surface area (Å²) in [5.41, 5.74) is 6.66. The first-order valence-corrected chi connectivity index (χ1v) is 10.2. The molecule has 2 aromatic carbocycles. The second kappa shape index (κ2) is 7.43. The van der Waals surface area contributed by atoms with Crippen molar-refractivity contribution in [3.05, 3.63) is 46.8 Å². The van der Waals surface area contributed by atoms with Crippen molar-refractivity contribution in [3.63, 3.8) is 0 Å². The SMILES string of the molecule is COc1cc2c(NC(C)c3cc(N)cc(C(F)(F)F)c3)nc(C)nc2c2c1OC(C)(C)C2. The van der Waals surface area contributed by atoms with E-state index in [0.29, 0.717) is 40.5 Å². The molecule has 1 aliphatic heterocycles. The average molecular weight is 446 g/mol. The lowest BCUT2D eigenvalue weighted by atomic mass is 9.98. The van der Waals surface area contributed by atoms with Crippen molar-refractivity contribution >= 4 is 22.4 Å².